The van der Waals surface area contributed by atoms with Crippen molar-refractivity contribution in [2.45, 2.75) is 19.0 Å². The lowest BCUT2D eigenvalue weighted by atomic mass is 10.3. The molecular formula is C4H7N2O. The molecule has 1 aliphatic heterocycles. The largest absolute Gasteiger partial charge is 0.212 e. The van der Waals surface area contributed by atoms with E-state index in [4.69, 9.17) is 0 Å². The standard InChI is InChI=1S/C4H7N2O/c7-6-4-2-1-3-5-4/h4H,1-3H2/t4-/m1/s1. The van der Waals surface area contributed by atoms with Gasteiger partial charge in [-0.2, -0.15) is 0 Å². The highest BCUT2D eigenvalue weighted by atomic mass is 16.3. The molecule has 39 valence electrons. The molecule has 1 aliphatic rings. The molecule has 0 amide bonds. The summed E-state index contributed by atoms with van der Waals surface area (Å²) in [7, 11) is 0. The van der Waals surface area contributed by atoms with Crippen LogP contribution in [0.5, 0.6) is 0 Å². The summed E-state index contributed by atoms with van der Waals surface area (Å²) in [5.41, 5.74) is 0. The average molecular weight is 99.1 g/mol. The summed E-state index contributed by atoms with van der Waals surface area (Å²) >= 11 is 0. The van der Waals surface area contributed by atoms with Gasteiger partial charge in [-0.3, -0.25) is 0 Å². The Labute approximate surface area is 42.1 Å². The van der Waals surface area contributed by atoms with E-state index in [-0.39, 0.29) is 6.17 Å². The Morgan fingerprint density at radius 3 is 2.86 bits per heavy atom. The molecule has 1 rings (SSSR count). The fourth-order valence-corrected chi connectivity index (χ4v) is 0.691. The van der Waals surface area contributed by atoms with Crippen LogP contribution in [0.3, 0.4) is 0 Å². The minimum atomic E-state index is -0.208. The predicted octanol–water partition coefficient (Wildman–Crippen LogP) is 0.477. The van der Waals surface area contributed by atoms with Crippen LogP contribution in [0.25, 0.3) is 0 Å². The third kappa shape index (κ3) is 0.962. The first kappa shape index (κ1) is 4.71. The van der Waals surface area contributed by atoms with Crippen LogP contribution in [0, 0.1) is 4.91 Å². The van der Waals surface area contributed by atoms with Gasteiger partial charge in [-0.15, -0.1) is 4.91 Å². The van der Waals surface area contributed by atoms with Crippen molar-refractivity contribution in [2.24, 2.45) is 5.18 Å². The van der Waals surface area contributed by atoms with Crippen LogP contribution in [-0.4, -0.2) is 12.7 Å². The van der Waals surface area contributed by atoms with Crippen LogP contribution in [0.4, 0.5) is 0 Å². The molecule has 0 aliphatic carbocycles. The molecule has 3 nitrogen and oxygen atoms in total. The summed E-state index contributed by atoms with van der Waals surface area (Å²) in [4.78, 5) is 9.66. The zero-order valence-electron chi connectivity index (χ0n) is 4.00. The molecule has 0 saturated carbocycles. The van der Waals surface area contributed by atoms with Crippen LogP contribution in [0.15, 0.2) is 5.18 Å². The molecular weight excluding hydrogens is 92.1 g/mol. The number of hydrogen-bond acceptors (Lipinski definition) is 2. The lowest BCUT2D eigenvalue weighted by molar-refractivity contribution is 0.620. The summed E-state index contributed by atoms with van der Waals surface area (Å²) in [6, 6.07) is 0. The van der Waals surface area contributed by atoms with Gasteiger partial charge in [0.25, 0.3) is 0 Å². The number of hydrogen-bond donors (Lipinski definition) is 0. The van der Waals surface area contributed by atoms with Crippen molar-refractivity contribution >= 4 is 0 Å². The summed E-state index contributed by atoms with van der Waals surface area (Å²) in [6.45, 7) is 0.830. The van der Waals surface area contributed by atoms with Crippen molar-refractivity contribution in [1.82, 2.24) is 5.32 Å². The quantitative estimate of drug-likeness (QED) is 0.441. The summed E-state index contributed by atoms with van der Waals surface area (Å²) in [5.74, 6) is 0. The van der Waals surface area contributed by atoms with E-state index in [0.717, 1.165) is 19.4 Å². The predicted molar refractivity (Wildman–Crippen MR) is 25.8 cm³/mol. The number of nitroso groups, excluding NO2 is 1. The second kappa shape index (κ2) is 2.02. The van der Waals surface area contributed by atoms with Crippen molar-refractivity contribution < 1.29 is 0 Å². The molecule has 1 radical (unpaired) electrons. The van der Waals surface area contributed by atoms with E-state index >= 15 is 0 Å². The van der Waals surface area contributed by atoms with Crippen LogP contribution < -0.4 is 5.32 Å². The van der Waals surface area contributed by atoms with Crippen molar-refractivity contribution in [3.63, 3.8) is 0 Å². The third-order valence-corrected chi connectivity index (χ3v) is 1.08. The van der Waals surface area contributed by atoms with E-state index in [1.165, 1.54) is 0 Å². The normalized spacial score (nSPS) is 30.6. The Balaban J connectivity index is 2.26. The molecule has 0 aromatic rings. The average Bonchev–Trinajstić information content (AvgIpc) is 2.14. The van der Waals surface area contributed by atoms with Crippen LogP contribution >= 0.6 is 0 Å². The highest BCUT2D eigenvalue weighted by molar-refractivity contribution is 4.69. The monoisotopic (exact) mass is 99.1 g/mol. The lowest BCUT2D eigenvalue weighted by Gasteiger charge is -1.89. The third-order valence-electron chi connectivity index (χ3n) is 1.08. The zero-order chi connectivity index (χ0) is 5.11. The van der Waals surface area contributed by atoms with Crippen molar-refractivity contribution in [3.05, 3.63) is 4.91 Å². The van der Waals surface area contributed by atoms with Crippen LogP contribution in [0.2, 0.25) is 0 Å². The molecule has 0 unspecified atom stereocenters. The second-order valence-corrected chi connectivity index (χ2v) is 1.63. The van der Waals surface area contributed by atoms with Crippen LogP contribution in [0.1, 0.15) is 12.8 Å². The van der Waals surface area contributed by atoms with Crippen LogP contribution in [-0.2, 0) is 0 Å². The van der Waals surface area contributed by atoms with Gasteiger partial charge in [0.15, 0.2) is 6.17 Å². The van der Waals surface area contributed by atoms with Crippen molar-refractivity contribution in [3.8, 4) is 0 Å². The first-order chi connectivity index (χ1) is 3.43. The Hall–Kier alpha value is -0.440. The van der Waals surface area contributed by atoms with E-state index in [9.17, 15) is 4.91 Å². The van der Waals surface area contributed by atoms with Gasteiger partial charge in [0.1, 0.15) is 0 Å². The molecule has 0 aromatic carbocycles. The van der Waals surface area contributed by atoms with E-state index in [1.54, 1.807) is 0 Å². The van der Waals surface area contributed by atoms with Gasteiger partial charge in [0, 0.05) is 6.54 Å². The fraction of sp³-hybridized carbons (Fsp3) is 1.00. The lowest BCUT2D eigenvalue weighted by Crippen LogP contribution is -2.08. The topological polar surface area (TPSA) is 43.5 Å². The molecule has 0 spiro atoms. The minimum absolute atomic E-state index is 0.208. The summed E-state index contributed by atoms with van der Waals surface area (Å²) in [6.07, 6.45) is 1.69. The van der Waals surface area contributed by atoms with Gasteiger partial charge in [0.2, 0.25) is 0 Å². The Bertz CT molecular complexity index is 68.1. The number of rotatable bonds is 1. The highest BCUT2D eigenvalue weighted by Crippen LogP contribution is 2.06. The fourth-order valence-electron chi connectivity index (χ4n) is 0.691. The highest BCUT2D eigenvalue weighted by Gasteiger charge is 2.14. The summed E-state index contributed by atoms with van der Waals surface area (Å²) in [5, 5.41) is 6.65. The molecule has 1 atom stereocenters. The van der Waals surface area contributed by atoms with Gasteiger partial charge in [0.05, 0.1) is 0 Å². The maximum atomic E-state index is 9.66. The Morgan fingerprint density at radius 1 is 1.71 bits per heavy atom. The Morgan fingerprint density at radius 2 is 2.57 bits per heavy atom. The zero-order valence-corrected chi connectivity index (χ0v) is 4.00. The van der Waals surface area contributed by atoms with Gasteiger partial charge < -0.3 is 0 Å². The number of nitrogens with zero attached hydrogens (tertiary/aromatic N) is 2. The van der Waals surface area contributed by atoms with Crippen molar-refractivity contribution in [2.75, 3.05) is 6.54 Å². The van der Waals surface area contributed by atoms with E-state index in [2.05, 4.69) is 10.5 Å². The SMILES string of the molecule is O=N[C@@H]1CCC[N]1. The minimum Gasteiger partial charge on any atom is -0.212 e. The molecule has 1 fully saturated rings. The van der Waals surface area contributed by atoms with Crippen molar-refractivity contribution in [1.29, 1.82) is 0 Å². The maximum absolute atomic E-state index is 9.66. The summed E-state index contributed by atoms with van der Waals surface area (Å²) < 4.78 is 0. The maximum Gasteiger partial charge on any atom is 0.157 e. The molecule has 0 aromatic heterocycles. The molecule has 0 bridgehead atoms. The first-order valence-corrected chi connectivity index (χ1v) is 2.42. The molecule has 3 heteroatoms. The first-order valence-electron chi connectivity index (χ1n) is 2.42. The van der Waals surface area contributed by atoms with Gasteiger partial charge in [-0.05, 0) is 18.0 Å². The molecule has 1 heterocycles. The van der Waals surface area contributed by atoms with E-state index in [0.29, 0.717) is 0 Å². The Kier molecular flexibility index (Phi) is 1.36. The van der Waals surface area contributed by atoms with Gasteiger partial charge in [-0.25, -0.2) is 5.32 Å². The molecule has 1 saturated heterocycles. The van der Waals surface area contributed by atoms with Gasteiger partial charge in [-0.1, -0.05) is 0 Å². The molecule has 0 N–H and O–H groups in total. The smallest absolute Gasteiger partial charge is 0.157 e. The van der Waals surface area contributed by atoms with E-state index < -0.39 is 0 Å². The van der Waals surface area contributed by atoms with E-state index in [1.807, 2.05) is 0 Å². The van der Waals surface area contributed by atoms with Gasteiger partial charge >= 0.3 is 0 Å². The molecule has 7 heavy (non-hydrogen) atoms. The second-order valence-electron chi connectivity index (χ2n) is 1.63.